The van der Waals surface area contributed by atoms with Gasteiger partial charge in [-0.3, -0.25) is 4.90 Å². The van der Waals surface area contributed by atoms with Gasteiger partial charge in [-0.05, 0) is 39.2 Å². The smallest absolute Gasteiger partial charge is 0.191 e. The van der Waals surface area contributed by atoms with Crippen LogP contribution in [0.5, 0.6) is 0 Å². The largest absolute Gasteiger partial charge is 0.379 e. The highest BCUT2D eigenvalue weighted by molar-refractivity contribution is 5.80. The number of nitrogens with zero attached hydrogens (tertiary/aromatic N) is 5. The molecule has 2 N–H and O–H groups in total. The first-order chi connectivity index (χ1) is 14.0. The van der Waals surface area contributed by atoms with E-state index in [1.165, 1.54) is 12.8 Å². The first-order valence-electron chi connectivity index (χ1n) is 11.2. The number of aromatic nitrogens is 3. The lowest BCUT2D eigenvalue weighted by atomic mass is 10.0. The molecule has 2 heterocycles. The number of hydrogen-bond acceptors (Lipinski definition) is 5. The van der Waals surface area contributed by atoms with E-state index in [1.54, 1.807) is 0 Å². The molecule has 0 bridgehead atoms. The van der Waals surface area contributed by atoms with E-state index in [-0.39, 0.29) is 0 Å². The van der Waals surface area contributed by atoms with Crippen molar-refractivity contribution in [2.45, 2.75) is 66.0 Å². The van der Waals surface area contributed by atoms with Crippen molar-refractivity contribution >= 4 is 5.96 Å². The standard InChI is InChI=1S/C21H41N7O/c1-17(2)8-6-9-18(3)24-21(23-16-20-26-25-19(4)27(20)5)22-10-7-11-28-12-14-29-15-13-28/h17-18H,6-16H2,1-5H3,(H2,22,23,24). The molecule has 8 nitrogen and oxygen atoms in total. The number of nitrogens with one attached hydrogen (secondary N) is 2. The zero-order chi connectivity index (χ0) is 21.1. The van der Waals surface area contributed by atoms with E-state index in [2.05, 4.69) is 46.5 Å². The molecule has 0 amide bonds. The minimum atomic E-state index is 0.389. The number of aliphatic imine (C=N–C) groups is 1. The minimum absolute atomic E-state index is 0.389. The summed E-state index contributed by atoms with van der Waals surface area (Å²) in [7, 11) is 1.98. The van der Waals surface area contributed by atoms with Gasteiger partial charge in [0.15, 0.2) is 11.8 Å². The zero-order valence-electron chi connectivity index (χ0n) is 19.1. The highest BCUT2D eigenvalue weighted by Crippen LogP contribution is 2.08. The first kappa shape index (κ1) is 23.6. The van der Waals surface area contributed by atoms with Crippen molar-refractivity contribution in [1.29, 1.82) is 0 Å². The molecule has 0 radical (unpaired) electrons. The Labute approximate surface area is 176 Å². The van der Waals surface area contributed by atoms with Gasteiger partial charge in [0.2, 0.25) is 0 Å². The van der Waals surface area contributed by atoms with Crippen molar-refractivity contribution in [3.05, 3.63) is 11.6 Å². The number of aryl methyl sites for hydroxylation is 1. The van der Waals surface area contributed by atoms with Gasteiger partial charge in [0.05, 0.1) is 13.2 Å². The summed E-state index contributed by atoms with van der Waals surface area (Å²) in [5.41, 5.74) is 0. The molecule has 1 aromatic heterocycles. The van der Waals surface area contributed by atoms with Crippen LogP contribution in [0.25, 0.3) is 0 Å². The third kappa shape index (κ3) is 9.12. The van der Waals surface area contributed by atoms with Crippen LogP contribution in [-0.2, 0) is 18.3 Å². The highest BCUT2D eigenvalue weighted by atomic mass is 16.5. The topological polar surface area (TPSA) is 79.6 Å². The van der Waals surface area contributed by atoms with Crippen LogP contribution in [0.4, 0.5) is 0 Å². The van der Waals surface area contributed by atoms with Crippen LogP contribution in [-0.4, -0.2) is 71.1 Å². The van der Waals surface area contributed by atoms with Crippen molar-refractivity contribution < 1.29 is 4.74 Å². The molecule has 0 aromatic carbocycles. The van der Waals surface area contributed by atoms with E-state index in [9.17, 15) is 0 Å². The predicted octanol–water partition coefficient (Wildman–Crippen LogP) is 2.10. The molecule has 1 aromatic rings. The lowest BCUT2D eigenvalue weighted by Gasteiger charge is -2.26. The fraction of sp³-hybridized carbons (Fsp3) is 0.857. The van der Waals surface area contributed by atoms with Crippen molar-refractivity contribution in [3.63, 3.8) is 0 Å². The molecule has 1 aliphatic heterocycles. The second kappa shape index (κ2) is 12.8. The molecular formula is C21H41N7O. The van der Waals surface area contributed by atoms with E-state index < -0.39 is 0 Å². The summed E-state index contributed by atoms with van der Waals surface area (Å²) in [5, 5.41) is 15.4. The number of ether oxygens (including phenoxy) is 1. The number of rotatable bonds is 11. The van der Waals surface area contributed by atoms with Crippen molar-refractivity contribution in [2.75, 3.05) is 39.4 Å². The van der Waals surface area contributed by atoms with Gasteiger partial charge in [0.25, 0.3) is 0 Å². The van der Waals surface area contributed by atoms with Crippen LogP contribution in [0.15, 0.2) is 4.99 Å². The lowest BCUT2D eigenvalue weighted by Crippen LogP contribution is -2.44. The van der Waals surface area contributed by atoms with E-state index in [1.807, 2.05) is 18.5 Å². The van der Waals surface area contributed by atoms with Crippen LogP contribution in [0.1, 0.15) is 58.1 Å². The van der Waals surface area contributed by atoms with Gasteiger partial charge in [-0.2, -0.15) is 0 Å². The fourth-order valence-electron chi connectivity index (χ4n) is 3.36. The predicted molar refractivity (Wildman–Crippen MR) is 118 cm³/mol. The minimum Gasteiger partial charge on any atom is -0.379 e. The van der Waals surface area contributed by atoms with Gasteiger partial charge >= 0.3 is 0 Å². The van der Waals surface area contributed by atoms with Crippen molar-refractivity contribution in [2.24, 2.45) is 18.0 Å². The normalized spacial score (nSPS) is 17.0. The molecule has 8 heteroatoms. The number of hydrogen-bond donors (Lipinski definition) is 2. The summed E-state index contributed by atoms with van der Waals surface area (Å²) in [5.74, 6) is 3.41. The molecule has 2 rings (SSSR count). The Bertz CT molecular complexity index is 608. The molecule has 0 saturated carbocycles. The Balaban J connectivity index is 1.83. The Morgan fingerprint density at radius 1 is 1.14 bits per heavy atom. The van der Waals surface area contributed by atoms with Gasteiger partial charge in [-0.25, -0.2) is 4.99 Å². The number of morpholine rings is 1. The third-order valence-corrected chi connectivity index (χ3v) is 5.41. The van der Waals surface area contributed by atoms with Gasteiger partial charge in [-0.15, -0.1) is 10.2 Å². The summed E-state index contributed by atoms with van der Waals surface area (Å²) < 4.78 is 7.41. The van der Waals surface area contributed by atoms with Crippen LogP contribution in [0.2, 0.25) is 0 Å². The maximum Gasteiger partial charge on any atom is 0.191 e. The molecule has 1 aliphatic rings. The van der Waals surface area contributed by atoms with Crippen LogP contribution >= 0.6 is 0 Å². The molecule has 0 aliphatic carbocycles. The van der Waals surface area contributed by atoms with Crippen molar-refractivity contribution in [3.8, 4) is 0 Å². The molecular weight excluding hydrogens is 366 g/mol. The lowest BCUT2D eigenvalue weighted by molar-refractivity contribution is 0.0376. The monoisotopic (exact) mass is 407 g/mol. The maximum absolute atomic E-state index is 5.42. The average Bonchev–Trinajstić information content (AvgIpc) is 3.01. The average molecular weight is 408 g/mol. The fourth-order valence-corrected chi connectivity index (χ4v) is 3.36. The van der Waals surface area contributed by atoms with E-state index in [0.717, 1.165) is 75.8 Å². The van der Waals surface area contributed by atoms with Gasteiger partial charge in [-0.1, -0.05) is 26.7 Å². The van der Waals surface area contributed by atoms with E-state index in [0.29, 0.717) is 12.6 Å². The molecule has 1 atom stereocenters. The highest BCUT2D eigenvalue weighted by Gasteiger charge is 2.11. The molecule has 1 unspecified atom stereocenters. The van der Waals surface area contributed by atoms with Crippen LogP contribution in [0, 0.1) is 12.8 Å². The molecule has 29 heavy (non-hydrogen) atoms. The van der Waals surface area contributed by atoms with E-state index >= 15 is 0 Å². The summed E-state index contributed by atoms with van der Waals surface area (Å²) in [6.07, 6.45) is 4.74. The van der Waals surface area contributed by atoms with Crippen molar-refractivity contribution in [1.82, 2.24) is 30.3 Å². The first-order valence-corrected chi connectivity index (χ1v) is 11.2. The molecule has 1 fully saturated rings. The Kier molecular flexibility index (Phi) is 10.4. The summed E-state index contributed by atoms with van der Waals surface area (Å²) >= 11 is 0. The maximum atomic E-state index is 5.42. The Hall–Kier alpha value is -1.67. The summed E-state index contributed by atoms with van der Waals surface area (Å²) in [6.45, 7) is 15.1. The SMILES string of the molecule is Cc1nnc(CN=C(NCCCN2CCOCC2)NC(C)CCCC(C)C)n1C. The third-order valence-electron chi connectivity index (χ3n) is 5.41. The van der Waals surface area contributed by atoms with Gasteiger partial charge < -0.3 is 19.9 Å². The molecule has 1 saturated heterocycles. The quantitative estimate of drug-likeness (QED) is 0.332. The summed E-state index contributed by atoms with van der Waals surface area (Å²) in [6, 6.07) is 0.389. The summed E-state index contributed by atoms with van der Waals surface area (Å²) in [4.78, 5) is 7.24. The Morgan fingerprint density at radius 2 is 1.90 bits per heavy atom. The second-order valence-electron chi connectivity index (χ2n) is 8.49. The number of guanidine groups is 1. The second-order valence-corrected chi connectivity index (χ2v) is 8.49. The van der Waals surface area contributed by atoms with Gasteiger partial charge in [0, 0.05) is 32.7 Å². The molecule has 166 valence electrons. The van der Waals surface area contributed by atoms with E-state index in [4.69, 9.17) is 9.73 Å². The Morgan fingerprint density at radius 3 is 2.55 bits per heavy atom. The molecule has 0 spiro atoms. The van der Waals surface area contributed by atoms with Crippen LogP contribution < -0.4 is 10.6 Å². The van der Waals surface area contributed by atoms with Gasteiger partial charge in [0.1, 0.15) is 12.4 Å². The van der Waals surface area contributed by atoms with Crippen LogP contribution in [0.3, 0.4) is 0 Å². The zero-order valence-corrected chi connectivity index (χ0v) is 19.1.